The molecule has 3 rings (SSSR count). The second-order valence-electron chi connectivity index (χ2n) is 5.17. The molecule has 1 atom stereocenters. The van der Waals surface area contributed by atoms with Crippen molar-refractivity contribution < 1.29 is 4.79 Å². The van der Waals surface area contributed by atoms with Crippen molar-refractivity contribution in [3.8, 4) is 0 Å². The molecule has 1 aliphatic heterocycles. The van der Waals surface area contributed by atoms with Crippen LogP contribution in [0.25, 0.3) is 0 Å². The summed E-state index contributed by atoms with van der Waals surface area (Å²) in [6.07, 6.45) is 1.98. The van der Waals surface area contributed by atoms with Crippen LogP contribution >= 0.6 is 0 Å². The van der Waals surface area contributed by atoms with Crippen LogP contribution in [0.2, 0.25) is 0 Å². The van der Waals surface area contributed by atoms with Crippen molar-refractivity contribution in [3.63, 3.8) is 0 Å². The SMILES string of the molecule is CCC1Cc2ccccc2N(C(N)=O)c2ccccc21. The highest BCUT2D eigenvalue weighted by molar-refractivity contribution is 6.00. The van der Waals surface area contributed by atoms with Crippen molar-refractivity contribution in [1.29, 1.82) is 0 Å². The van der Waals surface area contributed by atoms with E-state index in [0.717, 1.165) is 24.2 Å². The van der Waals surface area contributed by atoms with Crippen LogP contribution in [-0.2, 0) is 6.42 Å². The van der Waals surface area contributed by atoms with Gasteiger partial charge in [0.15, 0.2) is 0 Å². The Morgan fingerprint density at radius 2 is 1.80 bits per heavy atom. The van der Waals surface area contributed by atoms with Crippen molar-refractivity contribution >= 4 is 17.4 Å². The molecule has 0 aromatic heterocycles. The zero-order valence-corrected chi connectivity index (χ0v) is 11.5. The Bertz CT molecular complexity index is 651. The average molecular weight is 266 g/mol. The molecule has 0 saturated carbocycles. The Balaban J connectivity index is 2.27. The minimum Gasteiger partial charge on any atom is -0.351 e. The average Bonchev–Trinajstić information content (AvgIpc) is 2.61. The Hall–Kier alpha value is -2.29. The van der Waals surface area contributed by atoms with Gasteiger partial charge in [-0.05, 0) is 42.0 Å². The number of amides is 2. The molecule has 2 aromatic carbocycles. The molecule has 3 nitrogen and oxygen atoms in total. The number of primary amides is 1. The fraction of sp³-hybridized carbons (Fsp3) is 0.235. The number of nitrogens with two attached hydrogens (primary N) is 1. The van der Waals surface area contributed by atoms with Crippen LogP contribution in [0, 0.1) is 0 Å². The van der Waals surface area contributed by atoms with Gasteiger partial charge in [-0.2, -0.15) is 0 Å². The third-order valence-electron chi connectivity index (χ3n) is 4.03. The Morgan fingerprint density at radius 3 is 2.50 bits per heavy atom. The molecule has 0 radical (unpaired) electrons. The maximum atomic E-state index is 12.0. The van der Waals surface area contributed by atoms with Gasteiger partial charge < -0.3 is 5.73 Å². The molecule has 0 fully saturated rings. The number of fused-ring (bicyclic) bond motifs is 2. The lowest BCUT2D eigenvalue weighted by atomic mass is 9.90. The molecule has 1 unspecified atom stereocenters. The summed E-state index contributed by atoms with van der Waals surface area (Å²) in [5, 5.41) is 0. The standard InChI is InChI=1S/C17H18N2O/c1-2-12-11-13-7-3-5-9-15(13)19(17(18)20)16-10-6-4-8-14(12)16/h3-10,12H,2,11H2,1H3,(H2,18,20). The molecule has 0 saturated heterocycles. The first-order valence-corrected chi connectivity index (χ1v) is 6.98. The summed E-state index contributed by atoms with van der Waals surface area (Å²) in [6, 6.07) is 15.6. The number of benzene rings is 2. The van der Waals surface area contributed by atoms with Gasteiger partial charge in [-0.1, -0.05) is 43.3 Å². The zero-order valence-electron chi connectivity index (χ0n) is 11.5. The van der Waals surface area contributed by atoms with Gasteiger partial charge in [0.1, 0.15) is 0 Å². The van der Waals surface area contributed by atoms with E-state index in [1.807, 2.05) is 36.4 Å². The molecule has 3 heteroatoms. The highest BCUT2D eigenvalue weighted by Crippen LogP contribution is 2.41. The molecule has 1 heterocycles. The summed E-state index contributed by atoms with van der Waals surface area (Å²) < 4.78 is 0. The lowest BCUT2D eigenvalue weighted by Gasteiger charge is -2.23. The van der Waals surface area contributed by atoms with Crippen molar-refractivity contribution in [1.82, 2.24) is 0 Å². The van der Waals surface area contributed by atoms with E-state index in [1.165, 1.54) is 11.1 Å². The second-order valence-corrected chi connectivity index (χ2v) is 5.17. The zero-order chi connectivity index (χ0) is 14.1. The van der Waals surface area contributed by atoms with Gasteiger partial charge in [0.05, 0.1) is 11.4 Å². The smallest absolute Gasteiger partial charge is 0.323 e. The van der Waals surface area contributed by atoms with E-state index in [0.29, 0.717) is 5.92 Å². The molecule has 1 aliphatic rings. The summed E-state index contributed by atoms with van der Waals surface area (Å²) in [4.78, 5) is 13.6. The number of para-hydroxylation sites is 2. The number of carbonyl (C=O) groups is 1. The third-order valence-corrected chi connectivity index (χ3v) is 4.03. The van der Waals surface area contributed by atoms with Crippen LogP contribution in [0.1, 0.15) is 30.4 Å². The van der Waals surface area contributed by atoms with Gasteiger partial charge in [0.2, 0.25) is 0 Å². The predicted molar refractivity (Wildman–Crippen MR) is 81.3 cm³/mol. The van der Waals surface area contributed by atoms with Gasteiger partial charge in [0, 0.05) is 0 Å². The van der Waals surface area contributed by atoms with Gasteiger partial charge in [-0.25, -0.2) is 4.79 Å². The van der Waals surface area contributed by atoms with Gasteiger partial charge in [-0.3, -0.25) is 4.90 Å². The Morgan fingerprint density at radius 1 is 1.15 bits per heavy atom. The molecule has 20 heavy (non-hydrogen) atoms. The van der Waals surface area contributed by atoms with Gasteiger partial charge in [-0.15, -0.1) is 0 Å². The molecule has 102 valence electrons. The van der Waals surface area contributed by atoms with Gasteiger partial charge in [0.25, 0.3) is 0 Å². The lowest BCUT2D eigenvalue weighted by Crippen LogP contribution is -2.32. The van der Waals surface area contributed by atoms with Crippen molar-refractivity contribution in [2.75, 3.05) is 4.90 Å². The largest absolute Gasteiger partial charge is 0.351 e. The van der Waals surface area contributed by atoms with E-state index in [2.05, 4.69) is 19.1 Å². The Kier molecular flexibility index (Phi) is 3.18. The minimum absolute atomic E-state index is 0.414. The summed E-state index contributed by atoms with van der Waals surface area (Å²) in [5.41, 5.74) is 9.83. The molecular weight excluding hydrogens is 248 g/mol. The van der Waals surface area contributed by atoms with E-state index >= 15 is 0 Å². The van der Waals surface area contributed by atoms with Crippen molar-refractivity contribution in [2.45, 2.75) is 25.7 Å². The molecule has 0 spiro atoms. The van der Waals surface area contributed by atoms with E-state index in [4.69, 9.17) is 5.73 Å². The maximum Gasteiger partial charge on any atom is 0.323 e. The number of nitrogens with zero attached hydrogens (tertiary/aromatic N) is 1. The molecule has 0 bridgehead atoms. The molecule has 2 N–H and O–H groups in total. The predicted octanol–water partition coefficient (Wildman–Crippen LogP) is 3.95. The van der Waals surface area contributed by atoms with E-state index in [-0.39, 0.29) is 0 Å². The summed E-state index contributed by atoms with van der Waals surface area (Å²) in [7, 11) is 0. The number of anilines is 2. The number of hydrogen-bond donors (Lipinski definition) is 1. The quantitative estimate of drug-likeness (QED) is 0.834. The van der Waals surface area contributed by atoms with E-state index in [9.17, 15) is 4.79 Å². The van der Waals surface area contributed by atoms with Crippen LogP contribution in [0.4, 0.5) is 16.2 Å². The fourth-order valence-electron chi connectivity index (χ4n) is 3.04. The van der Waals surface area contributed by atoms with Crippen molar-refractivity contribution in [3.05, 3.63) is 59.7 Å². The van der Waals surface area contributed by atoms with E-state index in [1.54, 1.807) is 4.90 Å². The number of hydrogen-bond acceptors (Lipinski definition) is 1. The number of rotatable bonds is 1. The fourth-order valence-corrected chi connectivity index (χ4v) is 3.04. The molecule has 2 aromatic rings. The Labute approximate surface area is 119 Å². The molecule has 0 aliphatic carbocycles. The lowest BCUT2D eigenvalue weighted by molar-refractivity contribution is 0.256. The number of carbonyl (C=O) groups excluding carboxylic acids is 1. The second kappa shape index (κ2) is 5.00. The highest BCUT2D eigenvalue weighted by Gasteiger charge is 2.27. The third kappa shape index (κ3) is 1.95. The van der Waals surface area contributed by atoms with Crippen LogP contribution < -0.4 is 10.6 Å². The van der Waals surface area contributed by atoms with Crippen LogP contribution in [0.3, 0.4) is 0 Å². The van der Waals surface area contributed by atoms with Gasteiger partial charge >= 0.3 is 6.03 Å². The topological polar surface area (TPSA) is 46.3 Å². The first kappa shape index (κ1) is 12.7. The first-order chi connectivity index (χ1) is 9.72. The van der Waals surface area contributed by atoms with Crippen LogP contribution in [0.15, 0.2) is 48.5 Å². The van der Waals surface area contributed by atoms with E-state index < -0.39 is 6.03 Å². The van der Waals surface area contributed by atoms with Crippen molar-refractivity contribution in [2.24, 2.45) is 5.73 Å². The molecular formula is C17H18N2O. The normalized spacial score (nSPS) is 17.1. The maximum absolute atomic E-state index is 12.0. The number of urea groups is 1. The highest BCUT2D eigenvalue weighted by atomic mass is 16.2. The summed E-state index contributed by atoms with van der Waals surface area (Å²) in [5.74, 6) is 0.414. The monoisotopic (exact) mass is 266 g/mol. The first-order valence-electron chi connectivity index (χ1n) is 6.98. The van der Waals surface area contributed by atoms with Crippen LogP contribution in [-0.4, -0.2) is 6.03 Å². The summed E-state index contributed by atoms with van der Waals surface area (Å²) >= 11 is 0. The minimum atomic E-state index is -0.429. The van der Waals surface area contributed by atoms with Crippen LogP contribution in [0.5, 0.6) is 0 Å². The summed E-state index contributed by atoms with van der Waals surface area (Å²) in [6.45, 7) is 2.18. The molecule has 2 amide bonds.